The third-order valence-corrected chi connectivity index (χ3v) is 5.14. The second kappa shape index (κ2) is 6.40. The smallest absolute Gasteiger partial charge is 0.294 e. The predicted octanol–water partition coefficient (Wildman–Crippen LogP) is 4.41. The lowest BCUT2D eigenvalue weighted by Crippen LogP contribution is -2.02. The quantitative estimate of drug-likeness (QED) is 0.357. The summed E-state index contributed by atoms with van der Waals surface area (Å²) in [6.45, 7) is 3.29. The average molecular weight is 371 g/mol. The minimum Gasteiger partial charge on any atom is -0.507 e. The number of rotatable bonds is 3. The van der Waals surface area contributed by atoms with Crippen molar-refractivity contribution in [3.8, 4) is 5.75 Å². The fourth-order valence-electron chi connectivity index (χ4n) is 2.70. The van der Waals surface area contributed by atoms with E-state index in [9.17, 15) is 18.1 Å². The van der Waals surface area contributed by atoms with Crippen molar-refractivity contribution in [2.45, 2.75) is 18.7 Å². The van der Waals surface area contributed by atoms with Crippen LogP contribution in [0.15, 0.2) is 57.6 Å². The zero-order valence-electron chi connectivity index (χ0n) is 14.1. The van der Waals surface area contributed by atoms with Crippen LogP contribution >= 0.6 is 0 Å². The number of fused-ring (bicyclic) bond motifs is 1. The molecule has 26 heavy (non-hydrogen) atoms. The lowest BCUT2D eigenvalue weighted by atomic mass is 10.0. The molecule has 0 atom stereocenters. The molecule has 3 aromatic carbocycles. The van der Waals surface area contributed by atoms with E-state index >= 15 is 0 Å². The van der Waals surface area contributed by atoms with Gasteiger partial charge < -0.3 is 10.8 Å². The normalized spacial score (nSPS) is 12.1. The molecule has 4 N–H and O–H groups in total. The number of aromatic hydroxyl groups is 1. The molecule has 0 bridgehead atoms. The predicted molar refractivity (Wildman–Crippen MR) is 99.9 cm³/mol. The summed E-state index contributed by atoms with van der Waals surface area (Å²) < 4.78 is 32.3. The van der Waals surface area contributed by atoms with E-state index in [2.05, 4.69) is 10.2 Å². The van der Waals surface area contributed by atoms with Crippen LogP contribution in [0.4, 0.5) is 17.1 Å². The van der Waals surface area contributed by atoms with Crippen LogP contribution in [0.3, 0.4) is 0 Å². The Morgan fingerprint density at radius 1 is 1.00 bits per heavy atom. The number of phenols is 1. The lowest BCUT2D eigenvalue weighted by Gasteiger charge is -2.12. The number of nitrogens with two attached hydrogens (primary N) is 1. The Bertz CT molecular complexity index is 1150. The van der Waals surface area contributed by atoms with E-state index in [-0.39, 0.29) is 27.3 Å². The zero-order valence-corrected chi connectivity index (χ0v) is 14.9. The van der Waals surface area contributed by atoms with E-state index < -0.39 is 10.1 Å². The van der Waals surface area contributed by atoms with E-state index in [4.69, 9.17) is 5.73 Å². The number of azo groups is 1. The molecule has 3 aromatic rings. The summed E-state index contributed by atoms with van der Waals surface area (Å²) in [5.74, 6) is -0.319. The highest BCUT2D eigenvalue weighted by atomic mass is 32.2. The molecule has 0 unspecified atom stereocenters. The number of nitrogen functional groups attached to an aromatic ring is 1. The number of nitrogens with zero attached hydrogens (tertiary/aromatic N) is 2. The van der Waals surface area contributed by atoms with Gasteiger partial charge in [0.1, 0.15) is 16.3 Å². The highest BCUT2D eigenvalue weighted by Crippen LogP contribution is 2.41. The largest absolute Gasteiger partial charge is 0.507 e. The summed E-state index contributed by atoms with van der Waals surface area (Å²) in [7, 11) is -4.46. The Balaban J connectivity index is 2.18. The van der Waals surface area contributed by atoms with Crippen LogP contribution in [0, 0.1) is 13.8 Å². The maximum Gasteiger partial charge on any atom is 0.294 e. The van der Waals surface area contributed by atoms with Gasteiger partial charge in [-0.2, -0.15) is 13.5 Å². The number of phenolic OH excluding ortho intramolecular Hbond substituents is 1. The molecule has 0 heterocycles. The first-order chi connectivity index (χ1) is 12.2. The molecule has 0 amide bonds. The van der Waals surface area contributed by atoms with Crippen LogP contribution in [0.2, 0.25) is 0 Å². The Kier molecular flexibility index (Phi) is 4.39. The second-order valence-corrected chi connectivity index (χ2v) is 7.30. The van der Waals surface area contributed by atoms with Crippen molar-refractivity contribution in [1.82, 2.24) is 0 Å². The van der Waals surface area contributed by atoms with Gasteiger partial charge in [-0.1, -0.05) is 24.3 Å². The number of aryl methyl sites for hydroxylation is 1. The average Bonchev–Trinajstić information content (AvgIpc) is 2.57. The van der Waals surface area contributed by atoms with Crippen LogP contribution in [-0.4, -0.2) is 18.1 Å². The summed E-state index contributed by atoms with van der Waals surface area (Å²) in [6.07, 6.45) is 0. The van der Waals surface area contributed by atoms with E-state index in [1.807, 2.05) is 31.2 Å². The first kappa shape index (κ1) is 17.8. The SMILES string of the molecule is Cc1ccccc1N=Nc1ccc2cc(S(=O)(=O)O)c(C)c(O)c2c1N. The minimum absolute atomic E-state index is 0.0136. The van der Waals surface area contributed by atoms with E-state index in [1.54, 1.807) is 12.1 Å². The minimum atomic E-state index is -4.46. The molecule has 0 aliphatic rings. The van der Waals surface area contributed by atoms with Crippen molar-refractivity contribution >= 4 is 38.0 Å². The molecule has 0 spiro atoms. The van der Waals surface area contributed by atoms with Crippen LogP contribution in [0.1, 0.15) is 11.1 Å². The molecule has 7 nitrogen and oxygen atoms in total. The fourth-order valence-corrected chi connectivity index (χ4v) is 3.46. The Labute approximate surface area is 150 Å². The van der Waals surface area contributed by atoms with Crippen molar-refractivity contribution in [3.05, 3.63) is 53.6 Å². The number of hydrogen-bond donors (Lipinski definition) is 3. The molecule has 0 radical (unpaired) electrons. The molecule has 8 heteroatoms. The second-order valence-electron chi connectivity index (χ2n) is 5.91. The van der Waals surface area contributed by atoms with E-state index in [0.717, 1.165) is 5.56 Å². The van der Waals surface area contributed by atoms with Gasteiger partial charge in [0.2, 0.25) is 0 Å². The van der Waals surface area contributed by atoms with Crippen LogP contribution in [0.5, 0.6) is 5.75 Å². The van der Waals surface area contributed by atoms with Crippen molar-refractivity contribution in [3.63, 3.8) is 0 Å². The number of anilines is 1. The van der Waals surface area contributed by atoms with Gasteiger partial charge in [0, 0.05) is 10.9 Å². The first-order valence-electron chi connectivity index (χ1n) is 7.69. The van der Waals surface area contributed by atoms with Gasteiger partial charge in [-0.3, -0.25) is 4.55 Å². The first-order valence-corrected chi connectivity index (χ1v) is 9.13. The zero-order chi connectivity index (χ0) is 19.1. The van der Waals surface area contributed by atoms with Gasteiger partial charge in [0.05, 0.1) is 11.4 Å². The number of benzene rings is 3. The monoisotopic (exact) mass is 371 g/mol. The Morgan fingerprint density at radius 2 is 1.65 bits per heavy atom. The molecule has 0 saturated carbocycles. The highest BCUT2D eigenvalue weighted by molar-refractivity contribution is 7.85. The van der Waals surface area contributed by atoms with Crippen molar-refractivity contribution in [2.24, 2.45) is 10.2 Å². The van der Waals surface area contributed by atoms with Crippen molar-refractivity contribution in [1.29, 1.82) is 0 Å². The van der Waals surface area contributed by atoms with Crippen LogP contribution < -0.4 is 5.73 Å². The standard InChI is InChI=1S/C18H17N3O4S/c1-10-5-3-4-6-13(10)20-21-14-8-7-12-9-15(26(23,24)25)11(2)18(22)16(12)17(14)19/h3-9,22H,19H2,1-2H3,(H,23,24,25). The van der Waals surface area contributed by atoms with Gasteiger partial charge in [-0.25, -0.2) is 0 Å². The summed E-state index contributed by atoms with van der Waals surface area (Å²) in [5.41, 5.74) is 8.29. The molecular formula is C18H17N3O4S. The fraction of sp³-hybridized carbons (Fsp3) is 0.111. The summed E-state index contributed by atoms with van der Waals surface area (Å²) >= 11 is 0. The molecule has 0 aromatic heterocycles. The van der Waals surface area contributed by atoms with E-state index in [1.165, 1.54) is 13.0 Å². The van der Waals surface area contributed by atoms with Crippen molar-refractivity contribution < 1.29 is 18.1 Å². The maximum atomic E-state index is 11.5. The molecule has 0 aliphatic heterocycles. The molecule has 0 aliphatic carbocycles. The Hall–Kier alpha value is -2.97. The van der Waals surface area contributed by atoms with Crippen LogP contribution in [0.25, 0.3) is 10.8 Å². The van der Waals surface area contributed by atoms with Gasteiger partial charge in [-0.15, -0.1) is 5.11 Å². The third kappa shape index (κ3) is 3.12. The van der Waals surface area contributed by atoms with Gasteiger partial charge in [-0.05, 0) is 43.0 Å². The van der Waals surface area contributed by atoms with Crippen molar-refractivity contribution in [2.75, 3.05) is 5.73 Å². The molecular weight excluding hydrogens is 354 g/mol. The molecule has 134 valence electrons. The summed E-state index contributed by atoms with van der Waals surface area (Å²) in [6, 6.07) is 11.9. The van der Waals surface area contributed by atoms with Gasteiger partial charge >= 0.3 is 0 Å². The third-order valence-electron chi connectivity index (χ3n) is 4.16. The number of hydrogen-bond acceptors (Lipinski definition) is 6. The topological polar surface area (TPSA) is 125 Å². The molecule has 0 fully saturated rings. The summed E-state index contributed by atoms with van der Waals surface area (Å²) in [5, 5.41) is 19.4. The Morgan fingerprint density at radius 3 is 2.31 bits per heavy atom. The highest BCUT2D eigenvalue weighted by Gasteiger charge is 2.20. The lowest BCUT2D eigenvalue weighted by molar-refractivity contribution is 0.466. The molecule has 3 rings (SSSR count). The van der Waals surface area contributed by atoms with Gasteiger partial charge in [0.25, 0.3) is 10.1 Å². The van der Waals surface area contributed by atoms with Gasteiger partial charge in [0.15, 0.2) is 0 Å². The van der Waals surface area contributed by atoms with Crippen LogP contribution in [-0.2, 0) is 10.1 Å². The molecule has 0 saturated heterocycles. The van der Waals surface area contributed by atoms with E-state index in [0.29, 0.717) is 16.8 Å². The summed E-state index contributed by atoms with van der Waals surface area (Å²) in [4.78, 5) is -0.365. The maximum absolute atomic E-state index is 11.5.